The number of ether oxygens (including phenoxy) is 2. The molecular weight excluding hydrogens is 274 g/mol. The first-order chi connectivity index (χ1) is 7.72. The summed E-state index contributed by atoms with van der Waals surface area (Å²) < 4.78 is 11.1. The van der Waals surface area contributed by atoms with Gasteiger partial charge in [0.25, 0.3) is 0 Å². The van der Waals surface area contributed by atoms with Gasteiger partial charge in [0.15, 0.2) is 0 Å². The number of carbonyl (C=O) groups excluding carboxylic acids is 1. The van der Waals surface area contributed by atoms with E-state index in [1.807, 2.05) is 24.3 Å². The van der Waals surface area contributed by atoms with Crippen LogP contribution >= 0.6 is 15.9 Å². The first-order valence-electron chi connectivity index (χ1n) is 5.01. The van der Waals surface area contributed by atoms with Crippen LogP contribution in [-0.2, 0) is 4.74 Å². The van der Waals surface area contributed by atoms with Crippen molar-refractivity contribution in [2.24, 2.45) is 0 Å². The van der Waals surface area contributed by atoms with Gasteiger partial charge >= 0.3 is 6.09 Å². The van der Waals surface area contributed by atoms with E-state index in [9.17, 15) is 4.79 Å². The standard InChI is InChI=1S/C11H14BrNO3/c1-2-15-11(14)13-6-7-16-10-5-3-4-9(12)8-10/h3-5,8H,2,6-7H2,1H3,(H,13,14). The highest BCUT2D eigenvalue weighted by atomic mass is 79.9. The lowest BCUT2D eigenvalue weighted by atomic mass is 10.3. The minimum absolute atomic E-state index is 0.373. The van der Waals surface area contributed by atoms with Crippen molar-refractivity contribution in [3.8, 4) is 5.75 Å². The molecule has 5 heteroatoms. The highest BCUT2D eigenvalue weighted by Gasteiger charge is 1.99. The molecule has 1 aromatic carbocycles. The van der Waals surface area contributed by atoms with Crippen molar-refractivity contribution in [2.75, 3.05) is 19.8 Å². The molecule has 0 heterocycles. The van der Waals surface area contributed by atoms with Gasteiger partial charge in [-0.25, -0.2) is 4.79 Å². The molecule has 1 rings (SSSR count). The van der Waals surface area contributed by atoms with E-state index >= 15 is 0 Å². The Morgan fingerprint density at radius 3 is 3.00 bits per heavy atom. The second-order valence-corrected chi connectivity index (χ2v) is 3.87. The van der Waals surface area contributed by atoms with Gasteiger partial charge in [0.2, 0.25) is 0 Å². The topological polar surface area (TPSA) is 47.6 Å². The van der Waals surface area contributed by atoms with Crippen LogP contribution in [0.4, 0.5) is 4.79 Å². The normalized spacial score (nSPS) is 9.62. The van der Waals surface area contributed by atoms with Gasteiger partial charge in [0.05, 0.1) is 13.2 Å². The van der Waals surface area contributed by atoms with Gasteiger partial charge in [-0.2, -0.15) is 0 Å². The lowest BCUT2D eigenvalue weighted by Gasteiger charge is -2.07. The smallest absolute Gasteiger partial charge is 0.407 e. The van der Waals surface area contributed by atoms with Crippen molar-refractivity contribution in [3.05, 3.63) is 28.7 Å². The van der Waals surface area contributed by atoms with Crippen molar-refractivity contribution < 1.29 is 14.3 Å². The van der Waals surface area contributed by atoms with E-state index < -0.39 is 6.09 Å². The lowest BCUT2D eigenvalue weighted by Crippen LogP contribution is -2.28. The zero-order valence-corrected chi connectivity index (χ0v) is 10.6. The molecule has 88 valence electrons. The van der Waals surface area contributed by atoms with Crippen molar-refractivity contribution in [1.29, 1.82) is 0 Å². The van der Waals surface area contributed by atoms with Crippen molar-refractivity contribution in [2.45, 2.75) is 6.92 Å². The summed E-state index contributed by atoms with van der Waals surface area (Å²) in [5, 5.41) is 2.57. The Balaban J connectivity index is 2.18. The van der Waals surface area contributed by atoms with Crippen LogP contribution in [0, 0.1) is 0 Å². The molecule has 16 heavy (non-hydrogen) atoms. The van der Waals surface area contributed by atoms with Crippen LogP contribution in [0.5, 0.6) is 5.75 Å². The van der Waals surface area contributed by atoms with Crippen LogP contribution in [0.2, 0.25) is 0 Å². The molecule has 0 spiro atoms. The largest absolute Gasteiger partial charge is 0.492 e. The van der Waals surface area contributed by atoms with Crippen LogP contribution in [0.3, 0.4) is 0 Å². The third-order valence-corrected chi connectivity index (χ3v) is 2.20. The molecule has 1 N–H and O–H groups in total. The average Bonchev–Trinajstić information content (AvgIpc) is 2.25. The van der Waals surface area contributed by atoms with Crippen molar-refractivity contribution in [1.82, 2.24) is 5.32 Å². The van der Waals surface area contributed by atoms with Gasteiger partial charge in [0.1, 0.15) is 12.4 Å². The fourth-order valence-corrected chi connectivity index (χ4v) is 1.44. The third-order valence-electron chi connectivity index (χ3n) is 1.71. The monoisotopic (exact) mass is 287 g/mol. The molecular formula is C11H14BrNO3. The Hall–Kier alpha value is -1.23. The minimum Gasteiger partial charge on any atom is -0.492 e. The number of alkyl carbamates (subject to hydrolysis) is 1. The minimum atomic E-state index is -0.416. The second kappa shape index (κ2) is 7.11. The average molecular weight is 288 g/mol. The molecule has 0 aromatic heterocycles. The Bertz CT molecular complexity index is 344. The van der Waals surface area contributed by atoms with E-state index in [1.165, 1.54) is 0 Å². The maximum atomic E-state index is 10.9. The summed E-state index contributed by atoms with van der Waals surface area (Å²) in [6.45, 7) is 2.97. The Morgan fingerprint density at radius 1 is 1.50 bits per heavy atom. The summed E-state index contributed by atoms with van der Waals surface area (Å²) in [4.78, 5) is 10.9. The molecule has 0 atom stereocenters. The highest BCUT2D eigenvalue weighted by molar-refractivity contribution is 9.10. The van der Waals surface area contributed by atoms with Crippen LogP contribution in [0.1, 0.15) is 6.92 Å². The fourth-order valence-electron chi connectivity index (χ4n) is 1.06. The van der Waals surface area contributed by atoms with E-state index in [-0.39, 0.29) is 0 Å². The second-order valence-electron chi connectivity index (χ2n) is 2.95. The van der Waals surface area contributed by atoms with Crippen LogP contribution in [0.15, 0.2) is 28.7 Å². The summed E-state index contributed by atoms with van der Waals surface area (Å²) in [6, 6.07) is 7.53. The SMILES string of the molecule is CCOC(=O)NCCOc1cccc(Br)c1. The fraction of sp³-hybridized carbons (Fsp3) is 0.364. The molecule has 0 radical (unpaired) electrons. The van der Waals surface area contributed by atoms with E-state index in [4.69, 9.17) is 9.47 Å². The Kier molecular flexibility index (Phi) is 5.71. The molecule has 0 fully saturated rings. The quantitative estimate of drug-likeness (QED) is 0.847. The number of rotatable bonds is 5. The number of nitrogens with one attached hydrogen (secondary N) is 1. The lowest BCUT2D eigenvalue weighted by molar-refractivity contribution is 0.150. The van der Waals surface area contributed by atoms with Gasteiger partial charge in [-0.1, -0.05) is 22.0 Å². The summed E-state index contributed by atoms with van der Waals surface area (Å²) in [6.07, 6.45) is -0.416. The molecule has 0 unspecified atom stereocenters. The van der Waals surface area contributed by atoms with Crippen LogP contribution in [-0.4, -0.2) is 25.9 Å². The first kappa shape index (κ1) is 12.8. The van der Waals surface area contributed by atoms with Crippen LogP contribution < -0.4 is 10.1 Å². The van der Waals surface area contributed by atoms with E-state index in [0.29, 0.717) is 19.8 Å². The highest BCUT2D eigenvalue weighted by Crippen LogP contribution is 2.17. The predicted octanol–water partition coefficient (Wildman–Crippen LogP) is 2.57. The number of hydrogen-bond acceptors (Lipinski definition) is 3. The maximum absolute atomic E-state index is 10.9. The molecule has 1 aromatic rings. The van der Waals surface area contributed by atoms with E-state index in [2.05, 4.69) is 21.2 Å². The van der Waals surface area contributed by atoms with Crippen LogP contribution in [0.25, 0.3) is 0 Å². The number of hydrogen-bond donors (Lipinski definition) is 1. The molecule has 0 aliphatic rings. The number of carbonyl (C=O) groups is 1. The number of amides is 1. The van der Waals surface area contributed by atoms with Gasteiger partial charge in [-0.15, -0.1) is 0 Å². The predicted molar refractivity (Wildman–Crippen MR) is 64.7 cm³/mol. The maximum Gasteiger partial charge on any atom is 0.407 e. The number of halogens is 1. The van der Waals surface area contributed by atoms with Crippen molar-refractivity contribution >= 4 is 22.0 Å². The summed E-state index contributed by atoms with van der Waals surface area (Å²) in [7, 11) is 0. The molecule has 4 nitrogen and oxygen atoms in total. The first-order valence-corrected chi connectivity index (χ1v) is 5.80. The molecule has 1 amide bonds. The summed E-state index contributed by atoms with van der Waals surface area (Å²) in [5.41, 5.74) is 0. The summed E-state index contributed by atoms with van der Waals surface area (Å²) >= 11 is 3.35. The van der Waals surface area contributed by atoms with Crippen molar-refractivity contribution in [3.63, 3.8) is 0 Å². The van der Waals surface area contributed by atoms with E-state index in [1.54, 1.807) is 6.92 Å². The molecule has 0 aliphatic heterocycles. The Morgan fingerprint density at radius 2 is 2.31 bits per heavy atom. The van der Waals surface area contributed by atoms with Gasteiger partial charge < -0.3 is 14.8 Å². The number of benzene rings is 1. The van der Waals surface area contributed by atoms with Gasteiger partial charge in [0, 0.05) is 4.47 Å². The molecule has 0 bridgehead atoms. The Labute approximate surface area is 103 Å². The third kappa shape index (κ3) is 5.02. The van der Waals surface area contributed by atoms with Gasteiger partial charge in [-0.05, 0) is 25.1 Å². The molecule has 0 aliphatic carbocycles. The molecule has 0 saturated carbocycles. The van der Waals surface area contributed by atoms with E-state index in [0.717, 1.165) is 10.2 Å². The zero-order valence-electron chi connectivity index (χ0n) is 9.03. The zero-order chi connectivity index (χ0) is 11.8. The molecule has 0 saturated heterocycles. The summed E-state index contributed by atoms with van der Waals surface area (Å²) in [5.74, 6) is 0.764. The van der Waals surface area contributed by atoms with Gasteiger partial charge in [-0.3, -0.25) is 0 Å².